The number of unbranched alkanes of at least 4 members (excludes halogenated alkanes) is 5. The van der Waals surface area contributed by atoms with Gasteiger partial charge >= 0.3 is 5.97 Å². The fourth-order valence-electron chi connectivity index (χ4n) is 1.62. The van der Waals surface area contributed by atoms with E-state index >= 15 is 0 Å². The zero-order chi connectivity index (χ0) is 12.4. The van der Waals surface area contributed by atoms with Gasteiger partial charge in [-0.15, -0.1) is 0 Å². The fourth-order valence-corrected chi connectivity index (χ4v) is 1.62. The van der Waals surface area contributed by atoms with Crippen molar-refractivity contribution in [1.29, 1.82) is 0 Å². The minimum atomic E-state index is -0.749. The van der Waals surface area contributed by atoms with E-state index in [9.17, 15) is 4.79 Å². The van der Waals surface area contributed by atoms with Gasteiger partial charge in [-0.05, 0) is 26.3 Å². The van der Waals surface area contributed by atoms with Crippen LogP contribution in [0.2, 0.25) is 0 Å². The molecule has 0 aromatic carbocycles. The number of rotatable bonds is 10. The molecule has 0 radical (unpaired) electrons. The molecule has 0 aromatic heterocycles. The molecule has 0 fully saturated rings. The van der Waals surface area contributed by atoms with Crippen LogP contribution in [0.1, 0.15) is 65.7 Å². The molecule has 3 heteroatoms. The highest BCUT2D eigenvalue weighted by atomic mass is 16.4. The van der Waals surface area contributed by atoms with Crippen LogP contribution in [0.3, 0.4) is 0 Å². The van der Waals surface area contributed by atoms with Gasteiger partial charge in [-0.1, -0.05) is 46.0 Å². The third-order valence-corrected chi connectivity index (χ3v) is 3.22. The normalized spacial score (nSPS) is 14.7. The molecule has 0 amide bonds. The molecular weight excluding hydrogens is 202 g/mol. The molecular formula is C13H27NO2. The number of aliphatic carboxylic acids is 1. The number of carboxylic acids is 1. The Morgan fingerprint density at radius 3 is 2.19 bits per heavy atom. The van der Waals surface area contributed by atoms with Gasteiger partial charge in [0, 0.05) is 0 Å². The molecule has 0 aliphatic rings. The molecule has 0 saturated carbocycles. The van der Waals surface area contributed by atoms with E-state index in [1.807, 2.05) is 6.92 Å². The summed E-state index contributed by atoms with van der Waals surface area (Å²) in [5.74, 6) is -0.749. The zero-order valence-electron chi connectivity index (χ0n) is 11.0. The smallest absolute Gasteiger partial charge is 0.323 e. The summed E-state index contributed by atoms with van der Waals surface area (Å²) in [4.78, 5) is 11.0. The van der Waals surface area contributed by atoms with Crippen LogP contribution in [0.5, 0.6) is 0 Å². The summed E-state index contributed by atoms with van der Waals surface area (Å²) < 4.78 is 0. The summed E-state index contributed by atoms with van der Waals surface area (Å²) in [5, 5.41) is 12.2. The minimum Gasteiger partial charge on any atom is -0.480 e. The van der Waals surface area contributed by atoms with E-state index in [0.29, 0.717) is 6.42 Å². The van der Waals surface area contributed by atoms with Gasteiger partial charge in [0.25, 0.3) is 0 Å². The highest BCUT2D eigenvalue weighted by Gasteiger charge is 2.29. The number of carboxylic acid groups (broad SMARTS) is 1. The summed E-state index contributed by atoms with van der Waals surface area (Å²) in [6, 6.07) is 0. The Kier molecular flexibility index (Phi) is 8.26. The second kappa shape index (κ2) is 8.57. The first kappa shape index (κ1) is 15.4. The van der Waals surface area contributed by atoms with Crippen LogP contribution in [0.25, 0.3) is 0 Å². The second-order valence-electron chi connectivity index (χ2n) is 4.69. The lowest BCUT2D eigenvalue weighted by Gasteiger charge is -2.24. The van der Waals surface area contributed by atoms with Gasteiger partial charge in [-0.3, -0.25) is 4.79 Å². The molecule has 0 aliphatic carbocycles. The first-order chi connectivity index (χ1) is 7.56. The van der Waals surface area contributed by atoms with Crippen LogP contribution in [0.4, 0.5) is 0 Å². The number of nitrogens with one attached hydrogen (secondary N) is 1. The van der Waals surface area contributed by atoms with Crippen molar-refractivity contribution in [2.24, 2.45) is 0 Å². The molecule has 0 bridgehead atoms. The third kappa shape index (κ3) is 6.11. The standard InChI is InChI=1S/C13H27NO2/c1-4-6-7-8-9-10-11-14-13(3,5-2)12(15)16/h14H,4-11H2,1-3H3,(H,15,16). The van der Waals surface area contributed by atoms with E-state index in [2.05, 4.69) is 12.2 Å². The lowest BCUT2D eigenvalue weighted by molar-refractivity contribution is -0.144. The van der Waals surface area contributed by atoms with E-state index in [0.717, 1.165) is 13.0 Å². The Labute approximate surface area is 99.6 Å². The van der Waals surface area contributed by atoms with Crippen LogP contribution >= 0.6 is 0 Å². The van der Waals surface area contributed by atoms with Gasteiger partial charge in [0.1, 0.15) is 5.54 Å². The predicted octanol–water partition coefficient (Wildman–Crippen LogP) is 3.19. The summed E-state index contributed by atoms with van der Waals surface area (Å²) in [5.41, 5.74) is -0.747. The maximum Gasteiger partial charge on any atom is 0.323 e. The van der Waals surface area contributed by atoms with E-state index in [1.165, 1.54) is 32.1 Å². The molecule has 1 unspecified atom stereocenters. The lowest BCUT2D eigenvalue weighted by atomic mass is 9.99. The highest BCUT2D eigenvalue weighted by molar-refractivity contribution is 5.78. The Balaban J connectivity index is 3.53. The van der Waals surface area contributed by atoms with Crippen molar-refractivity contribution in [3.63, 3.8) is 0 Å². The van der Waals surface area contributed by atoms with Crippen LogP contribution in [0, 0.1) is 0 Å². The maximum atomic E-state index is 11.0. The van der Waals surface area contributed by atoms with E-state index < -0.39 is 11.5 Å². The SMILES string of the molecule is CCCCCCCCNC(C)(CC)C(=O)O. The average molecular weight is 229 g/mol. The number of hydrogen-bond acceptors (Lipinski definition) is 2. The molecule has 0 aliphatic heterocycles. The van der Waals surface area contributed by atoms with Gasteiger partial charge in [0.2, 0.25) is 0 Å². The maximum absolute atomic E-state index is 11.0. The fraction of sp³-hybridized carbons (Fsp3) is 0.923. The van der Waals surface area contributed by atoms with Gasteiger partial charge in [-0.25, -0.2) is 0 Å². The van der Waals surface area contributed by atoms with E-state index in [4.69, 9.17) is 5.11 Å². The predicted molar refractivity (Wildman–Crippen MR) is 67.7 cm³/mol. The molecule has 96 valence electrons. The van der Waals surface area contributed by atoms with Crippen LogP contribution in [-0.4, -0.2) is 23.2 Å². The van der Waals surface area contributed by atoms with Gasteiger partial charge in [0.15, 0.2) is 0 Å². The Bertz CT molecular complexity index is 194. The Hall–Kier alpha value is -0.570. The molecule has 1 atom stereocenters. The summed E-state index contributed by atoms with van der Waals surface area (Å²) in [6.45, 7) is 6.68. The Morgan fingerprint density at radius 1 is 1.12 bits per heavy atom. The van der Waals surface area contributed by atoms with Gasteiger partial charge in [0.05, 0.1) is 0 Å². The van der Waals surface area contributed by atoms with Gasteiger partial charge in [-0.2, -0.15) is 0 Å². The van der Waals surface area contributed by atoms with Crippen LogP contribution in [0.15, 0.2) is 0 Å². The summed E-state index contributed by atoms with van der Waals surface area (Å²) in [7, 11) is 0. The molecule has 0 rings (SSSR count). The largest absolute Gasteiger partial charge is 0.480 e. The second-order valence-corrected chi connectivity index (χ2v) is 4.69. The van der Waals surface area contributed by atoms with E-state index in [-0.39, 0.29) is 0 Å². The summed E-state index contributed by atoms with van der Waals surface area (Å²) >= 11 is 0. The lowest BCUT2D eigenvalue weighted by Crippen LogP contribution is -2.49. The molecule has 3 nitrogen and oxygen atoms in total. The quantitative estimate of drug-likeness (QED) is 0.566. The molecule has 0 aromatic rings. The van der Waals surface area contributed by atoms with Crippen molar-refractivity contribution in [1.82, 2.24) is 5.32 Å². The topological polar surface area (TPSA) is 49.3 Å². The Morgan fingerprint density at radius 2 is 1.69 bits per heavy atom. The molecule has 0 spiro atoms. The molecule has 0 heterocycles. The number of hydrogen-bond donors (Lipinski definition) is 2. The molecule has 16 heavy (non-hydrogen) atoms. The first-order valence-corrected chi connectivity index (χ1v) is 6.55. The van der Waals surface area contributed by atoms with Crippen molar-refractivity contribution in [3.8, 4) is 0 Å². The zero-order valence-corrected chi connectivity index (χ0v) is 11.0. The monoisotopic (exact) mass is 229 g/mol. The highest BCUT2D eigenvalue weighted by Crippen LogP contribution is 2.10. The van der Waals surface area contributed by atoms with Crippen LogP contribution in [-0.2, 0) is 4.79 Å². The first-order valence-electron chi connectivity index (χ1n) is 6.55. The molecule has 0 saturated heterocycles. The van der Waals surface area contributed by atoms with Crippen molar-refractivity contribution in [3.05, 3.63) is 0 Å². The van der Waals surface area contributed by atoms with Crippen molar-refractivity contribution >= 4 is 5.97 Å². The summed E-state index contributed by atoms with van der Waals surface area (Å²) in [6.07, 6.45) is 8.06. The molecule has 2 N–H and O–H groups in total. The number of carbonyl (C=O) groups is 1. The van der Waals surface area contributed by atoms with Crippen molar-refractivity contribution < 1.29 is 9.90 Å². The minimum absolute atomic E-state index is 0.623. The van der Waals surface area contributed by atoms with Crippen LogP contribution < -0.4 is 5.32 Å². The van der Waals surface area contributed by atoms with Crippen molar-refractivity contribution in [2.75, 3.05) is 6.54 Å². The average Bonchev–Trinajstić information content (AvgIpc) is 2.27. The van der Waals surface area contributed by atoms with Gasteiger partial charge < -0.3 is 10.4 Å². The van der Waals surface area contributed by atoms with E-state index in [1.54, 1.807) is 6.92 Å². The third-order valence-electron chi connectivity index (χ3n) is 3.22. The van der Waals surface area contributed by atoms with Crippen molar-refractivity contribution in [2.45, 2.75) is 71.3 Å².